The van der Waals surface area contributed by atoms with Crippen molar-refractivity contribution >= 4 is 5.97 Å². The van der Waals surface area contributed by atoms with Crippen LogP contribution in [-0.2, 0) is 6.42 Å². The summed E-state index contributed by atoms with van der Waals surface area (Å²) >= 11 is 0. The van der Waals surface area contributed by atoms with E-state index in [0.29, 0.717) is 17.9 Å². The molecule has 0 fully saturated rings. The van der Waals surface area contributed by atoms with Crippen molar-refractivity contribution in [2.75, 3.05) is 0 Å². The smallest absolute Gasteiger partial charge is 0.337 e. The van der Waals surface area contributed by atoms with E-state index in [0.717, 1.165) is 6.42 Å². The van der Waals surface area contributed by atoms with Crippen LogP contribution in [-0.4, -0.2) is 31.3 Å². The van der Waals surface area contributed by atoms with Gasteiger partial charge in [0.05, 0.1) is 11.3 Å². The lowest BCUT2D eigenvalue weighted by atomic mass is 10.2. The molecule has 88 valence electrons. The van der Waals surface area contributed by atoms with Crippen molar-refractivity contribution in [3.05, 3.63) is 35.7 Å². The highest BCUT2D eigenvalue weighted by Gasteiger charge is 2.14. The normalized spacial score (nSPS) is 10.4. The minimum atomic E-state index is -0.987. The van der Waals surface area contributed by atoms with Gasteiger partial charge in [-0.3, -0.25) is 0 Å². The third kappa shape index (κ3) is 2.15. The van der Waals surface area contributed by atoms with Crippen molar-refractivity contribution in [3.63, 3.8) is 0 Å². The average Bonchev–Trinajstić information content (AvgIpc) is 2.77. The summed E-state index contributed by atoms with van der Waals surface area (Å²) in [7, 11) is 0. The number of benzene rings is 1. The largest absolute Gasteiger partial charge is 0.478 e. The number of hydrogen-bond donors (Lipinski definition) is 1. The summed E-state index contributed by atoms with van der Waals surface area (Å²) in [5, 5.41) is 20.4. The van der Waals surface area contributed by atoms with Crippen LogP contribution < -0.4 is 0 Å². The van der Waals surface area contributed by atoms with Crippen molar-refractivity contribution in [1.82, 2.24) is 20.2 Å². The number of carboxylic acids is 1. The van der Waals surface area contributed by atoms with Crippen LogP contribution in [0.2, 0.25) is 0 Å². The zero-order valence-corrected chi connectivity index (χ0v) is 9.37. The molecule has 0 amide bonds. The fourth-order valence-electron chi connectivity index (χ4n) is 1.61. The Balaban J connectivity index is 2.52. The third-order valence-electron chi connectivity index (χ3n) is 2.37. The van der Waals surface area contributed by atoms with Crippen LogP contribution in [0, 0.1) is 0 Å². The molecule has 0 saturated heterocycles. The molecule has 6 nitrogen and oxygen atoms in total. The number of hydrogen-bond acceptors (Lipinski definition) is 4. The van der Waals surface area contributed by atoms with E-state index in [9.17, 15) is 4.79 Å². The lowest BCUT2D eigenvalue weighted by Gasteiger charge is -2.06. The first kappa shape index (κ1) is 11.3. The van der Waals surface area contributed by atoms with E-state index in [2.05, 4.69) is 15.5 Å². The highest BCUT2D eigenvalue weighted by Crippen LogP contribution is 2.15. The van der Waals surface area contributed by atoms with Crippen molar-refractivity contribution in [3.8, 4) is 5.69 Å². The summed E-state index contributed by atoms with van der Waals surface area (Å²) in [6.45, 7) is 2.02. The van der Waals surface area contributed by atoms with Crippen LogP contribution >= 0.6 is 0 Å². The highest BCUT2D eigenvalue weighted by molar-refractivity contribution is 5.91. The van der Waals surface area contributed by atoms with Crippen LogP contribution in [0.4, 0.5) is 0 Å². The number of nitrogens with zero attached hydrogens (tertiary/aromatic N) is 4. The summed E-state index contributed by atoms with van der Waals surface area (Å²) in [5.41, 5.74) is 0.686. The number of aromatic carboxylic acids is 1. The SMILES string of the molecule is CCCc1nnnn1-c1ccccc1C(=O)O. The molecule has 1 heterocycles. The second-order valence-corrected chi connectivity index (χ2v) is 3.58. The van der Waals surface area contributed by atoms with E-state index >= 15 is 0 Å². The van der Waals surface area contributed by atoms with Crippen LogP contribution in [0.3, 0.4) is 0 Å². The number of rotatable bonds is 4. The Morgan fingerprint density at radius 1 is 1.41 bits per heavy atom. The van der Waals surface area contributed by atoms with Gasteiger partial charge in [-0.1, -0.05) is 19.1 Å². The maximum absolute atomic E-state index is 11.1. The number of carbonyl (C=O) groups is 1. The van der Waals surface area contributed by atoms with Crippen LogP contribution in [0.1, 0.15) is 29.5 Å². The number of tetrazole rings is 1. The maximum atomic E-state index is 11.1. The predicted molar refractivity (Wildman–Crippen MR) is 60.1 cm³/mol. The monoisotopic (exact) mass is 232 g/mol. The molecule has 0 spiro atoms. The van der Waals surface area contributed by atoms with Crippen molar-refractivity contribution in [2.24, 2.45) is 0 Å². The Hall–Kier alpha value is -2.24. The van der Waals surface area contributed by atoms with Crippen molar-refractivity contribution in [2.45, 2.75) is 19.8 Å². The Bertz CT molecular complexity index is 536. The maximum Gasteiger partial charge on any atom is 0.337 e. The lowest BCUT2D eigenvalue weighted by molar-refractivity contribution is 0.0696. The first-order valence-corrected chi connectivity index (χ1v) is 5.34. The zero-order chi connectivity index (χ0) is 12.3. The Morgan fingerprint density at radius 2 is 2.18 bits per heavy atom. The summed E-state index contributed by atoms with van der Waals surface area (Å²) < 4.78 is 1.48. The third-order valence-corrected chi connectivity index (χ3v) is 2.37. The van der Waals surface area contributed by atoms with Gasteiger partial charge >= 0.3 is 5.97 Å². The standard InChI is InChI=1S/C11H12N4O2/c1-2-5-10-12-13-14-15(10)9-7-4-3-6-8(9)11(16)17/h3-4,6-7H,2,5H2,1H3,(H,16,17). The fraction of sp³-hybridized carbons (Fsp3) is 0.273. The van der Waals surface area contributed by atoms with Gasteiger partial charge in [-0.05, 0) is 29.0 Å². The molecular weight excluding hydrogens is 220 g/mol. The predicted octanol–water partition coefficient (Wildman–Crippen LogP) is 1.31. The Kier molecular flexibility index (Phi) is 3.13. The van der Waals surface area contributed by atoms with E-state index in [1.54, 1.807) is 18.2 Å². The molecule has 0 atom stereocenters. The second-order valence-electron chi connectivity index (χ2n) is 3.58. The quantitative estimate of drug-likeness (QED) is 0.859. The van der Waals surface area contributed by atoms with Crippen molar-refractivity contribution < 1.29 is 9.90 Å². The molecule has 0 radical (unpaired) electrons. The minimum absolute atomic E-state index is 0.192. The van der Waals surface area contributed by atoms with E-state index in [1.165, 1.54) is 10.7 Å². The molecule has 0 saturated carbocycles. The van der Waals surface area contributed by atoms with Gasteiger partial charge in [0.2, 0.25) is 0 Å². The molecule has 0 bridgehead atoms. The molecule has 0 unspecified atom stereocenters. The molecule has 1 aromatic heterocycles. The van der Waals surface area contributed by atoms with Gasteiger partial charge in [0, 0.05) is 6.42 Å². The van der Waals surface area contributed by atoms with Crippen LogP contribution in [0.15, 0.2) is 24.3 Å². The first-order chi connectivity index (χ1) is 8.24. The van der Waals surface area contributed by atoms with E-state index < -0.39 is 5.97 Å². The first-order valence-electron chi connectivity index (χ1n) is 5.34. The molecule has 0 aliphatic heterocycles. The van der Waals surface area contributed by atoms with Gasteiger partial charge in [-0.2, -0.15) is 4.68 Å². The van der Waals surface area contributed by atoms with Crippen LogP contribution in [0.25, 0.3) is 5.69 Å². The summed E-state index contributed by atoms with van der Waals surface area (Å²) in [6, 6.07) is 6.67. The van der Waals surface area contributed by atoms with Gasteiger partial charge in [0.1, 0.15) is 0 Å². The minimum Gasteiger partial charge on any atom is -0.478 e. The Labute approximate surface area is 97.9 Å². The van der Waals surface area contributed by atoms with Gasteiger partial charge in [-0.15, -0.1) is 5.10 Å². The average molecular weight is 232 g/mol. The molecule has 17 heavy (non-hydrogen) atoms. The highest BCUT2D eigenvalue weighted by atomic mass is 16.4. The number of para-hydroxylation sites is 1. The molecular formula is C11H12N4O2. The zero-order valence-electron chi connectivity index (χ0n) is 9.37. The second kappa shape index (κ2) is 4.73. The van der Waals surface area contributed by atoms with E-state index in [4.69, 9.17) is 5.11 Å². The summed E-state index contributed by atoms with van der Waals surface area (Å²) in [6.07, 6.45) is 1.61. The van der Waals surface area contributed by atoms with Gasteiger partial charge in [-0.25, -0.2) is 4.79 Å². The molecule has 1 aromatic carbocycles. The molecule has 0 aliphatic carbocycles. The molecule has 1 N–H and O–H groups in total. The number of aromatic nitrogens is 4. The summed E-state index contributed by atoms with van der Waals surface area (Å²) in [4.78, 5) is 11.1. The van der Waals surface area contributed by atoms with E-state index in [1.807, 2.05) is 6.92 Å². The Morgan fingerprint density at radius 3 is 2.88 bits per heavy atom. The van der Waals surface area contributed by atoms with Gasteiger partial charge in [0.15, 0.2) is 5.82 Å². The molecule has 0 aliphatic rings. The van der Waals surface area contributed by atoms with Crippen LogP contribution in [0.5, 0.6) is 0 Å². The number of carboxylic acid groups (broad SMARTS) is 1. The van der Waals surface area contributed by atoms with E-state index in [-0.39, 0.29) is 5.56 Å². The lowest BCUT2D eigenvalue weighted by Crippen LogP contribution is -2.09. The number of aryl methyl sites for hydroxylation is 1. The summed E-state index contributed by atoms with van der Waals surface area (Å²) in [5.74, 6) is -0.320. The topological polar surface area (TPSA) is 80.9 Å². The van der Waals surface area contributed by atoms with Gasteiger partial charge in [0.25, 0.3) is 0 Å². The molecule has 2 aromatic rings. The van der Waals surface area contributed by atoms with Crippen molar-refractivity contribution in [1.29, 1.82) is 0 Å². The van der Waals surface area contributed by atoms with Gasteiger partial charge < -0.3 is 5.11 Å². The molecule has 6 heteroatoms. The fourth-order valence-corrected chi connectivity index (χ4v) is 1.61. The molecule has 2 rings (SSSR count).